The number of anilines is 2. The lowest BCUT2D eigenvalue weighted by Crippen LogP contribution is -2.20. The normalized spacial score (nSPS) is 23.0. The number of nitrogens with zero attached hydrogens (tertiary/aromatic N) is 8. The first-order chi connectivity index (χ1) is 21.7. The number of nitriles is 2. The summed E-state index contributed by atoms with van der Waals surface area (Å²) in [6.45, 7) is 3.49. The molecule has 0 aliphatic heterocycles. The minimum atomic E-state index is -0.634. The highest BCUT2D eigenvalue weighted by Gasteiger charge is 2.28. The van der Waals surface area contributed by atoms with Crippen LogP contribution in [0.2, 0.25) is 0 Å². The maximum atomic E-state index is 10.1. The molecule has 0 amide bonds. The molecule has 5 N–H and O–H groups in total. The second-order valence-corrected chi connectivity index (χ2v) is 12.5. The quantitative estimate of drug-likeness (QED) is 0.196. The van der Waals surface area contributed by atoms with E-state index in [1.54, 1.807) is 26.2 Å². The van der Waals surface area contributed by atoms with Crippen LogP contribution in [0.3, 0.4) is 0 Å². The summed E-state index contributed by atoms with van der Waals surface area (Å²) in [4.78, 5) is 17.5. The van der Waals surface area contributed by atoms with Crippen molar-refractivity contribution in [2.24, 2.45) is 11.8 Å². The summed E-state index contributed by atoms with van der Waals surface area (Å²) in [5, 5.41) is 41.0. The number of aliphatic hydroxyl groups is 2. The third-order valence-electron chi connectivity index (χ3n) is 9.35. The first kappa shape index (κ1) is 32.1. The number of nitrogens with two attached hydrogens (primary N) is 1. The van der Waals surface area contributed by atoms with Crippen LogP contribution in [0.25, 0.3) is 22.1 Å². The minimum Gasteiger partial charge on any atom is -0.385 e. The van der Waals surface area contributed by atoms with E-state index in [1.165, 1.54) is 0 Å². The van der Waals surface area contributed by atoms with Crippen LogP contribution >= 0.6 is 0 Å². The van der Waals surface area contributed by atoms with E-state index in [0.29, 0.717) is 54.2 Å². The Morgan fingerprint density at radius 1 is 0.800 bits per heavy atom. The molecule has 2 fully saturated rings. The number of rotatable bonds is 7. The molecule has 6 rings (SSSR count). The van der Waals surface area contributed by atoms with Crippen molar-refractivity contribution in [1.82, 2.24) is 29.1 Å². The maximum Gasteiger partial charge on any atom is 0.138 e. The first-order valence-electron chi connectivity index (χ1n) is 16.0. The van der Waals surface area contributed by atoms with E-state index in [9.17, 15) is 10.2 Å². The van der Waals surface area contributed by atoms with Gasteiger partial charge in [0, 0.05) is 44.1 Å². The third-order valence-corrected chi connectivity index (χ3v) is 9.35. The van der Waals surface area contributed by atoms with Crippen molar-refractivity contribution >= 4 is 33.7 Å². The van der Waals surface area contributed by atoms with Gasteiger partial charge in [-0.2, -0.15) is 10.5 Å². The van der Waals surface area contributed by atoms with Crippen molar-refractivity contribution in [2.45, 2.75) is 102 Å². The highest BCUT2D eigenvalue weighted by molar-refractivity contribution is 5.79. The molecule has 2 aliphatic rings. The summed E-state index contributed by atoms with van der Waals surface area (Å²) in [5.41, 5.74) is 9.36. The second-order valence-electron chi connectivity index (χ2n) is 12.5. The van der Waals surface area contributed by atoms with Crippen LogP contribution in [0, 0.1) is 34.5 Å². The molecule has 2 unspecified atom stereocenters. The Bertz CT molecular complexity index is 1680. The summed E-state index contributed by atoms with van der Waals surface area (Å²) < 4.78 is 4.31. The smallest absolute Gasteiger partial charge is 0.138 e. The number of nitrogens with one attached hydrogen (secondary N) is 1. The molecule has 4 heterocycles. The lowest BCUT2D eigenvalue weighted by atomic mass is 9.84. The zero-order valence-electron chi connectivity index (χ0n) is 26.4. The van der Waals surface area contributed by atoms with Gasteiger partial charge in [-0.1, -0.05) is 0 Å². The average molecular weight is 613 g/mol. The fourth-order valence-electron chi connectivity index (χ4n) is 7.02. The van der Waals surface area contributed by atoms with Crippen LogP contribution in [-0.4, -0.2) is 46.3 Å². The lowest BCUT2D eigenvalue weighted by molar-refractivity contribution is 0.175. The molecule has 2 saturated carbocycles. The Hall–Kier alpha value is -4.26. The van der Waals surface area contributed by atoms with Gasteiger partial charge in [0.05, 0.1) is 35.6 Å². The van der Waals surface area contributed by atoms with E-state index in [-0.39, 0.29) is 0 Å². The Morgan fingerprint density at radius 2 is 1.24 bits per heavy atom. The van der Waals surface area contributed by atoms with Crippen molar-refractivity contribution in [3.8, 4) is 12.1 Å². The molecule has 4 aromatic rings. The van der Waals surface area contributed by atoms with Crippen molar-refractivity contribution in [3.05, 3.63) is 36.2 Å². The summed E-state index contributed by atoms with van der Waals surface area (Å²) in [6.07, 6.45) is 11.7. The van der Waals surface area contributed by atoms with Crippen LogP contribution in [-0.2, 0) is 0 Å². The minimum absolute atomic E-state index is 0.298. The summed E-state index contributed by atoms with van der Waals surface area (Å²) in [7, 11) is 1.84. The Balaban J connectivity index is 0.000000178. The fourth-order valence-corrected chi connectivity index (χ4v) is 7.02. The predicted molar refractivity (Wildman–Crippen MR) is 173 cm³/mol. The Labute approximate surface area is 263 Å². The Kier molecular flexibility index (Phi) is 10.2. The van der Waals surface area contributed by atoms with Gasteiger partial charge in [0.25, 0.3) is 0 Å². The summed E-state index contributed by atoms with van der Waals surface area (Å²) in [5.74, 6) is 3.65. The third kappa shape index (κ3) is 7.03. The molecular formula is C33H44N10O2. The molecule has 0 saturated heterocycles. The van der Waals surface area contributed by atoms with E-state index in [2.05, 4.69) is 46.5 Å². The number of pyridine rings is 2. The number of imidazole rings is 2. The molecule has 0 spiro atoms. The number of hydrogen-bond acceptors (Lipinski definition) is 10. The lowest BCUT2D eigenvalue weighted by Gasteiger charge is -2.30. The predicted octanol–water partition coefficient (Wildman–Crippen LogP) is 5.88. The molecular weight excluding hydrogens is 568 g/mol. The van der Waals surface area contributed by atoms with Gasteiger partial charge < -0.3 is 30.4 Å². The molecule has 238 valence electrons. The van der Waals surface area contributed by atoms with Crippen LogP contribution in [0.1, 0.15) is 114 Å². The van der Waals surface area contributed by atoms with Gasteiger partial charge in [0.1, 0.15) is 46.5 Å². The van der Waals surface area contributed by atoms with Gasteiger partial charge in [-0.15, -0.1) is 0 Å². The largest absolute Gasteiger partial charge is 0.385 e. The Morgan fingerprint density at radius 3 is 1.67 bits per heavy atom. The topological polar surface area (TPSA) is 188 Å². The maximum absolute atomic E-state index is 10.1. The number of aromatic nitrogens is 6. The SMILES string of the molecule is CC(O)c1nc2cnc(N)cc2n1C1CCC(CC#N)CC1.CNc1cc2c(cn1)nc(C(C)O)n2C1CCC(CC#N)CC1. The van der Waals surface area contributed by atoms with Crippen LogP contribution in [0.5, 0.6) is 0 Å². The van der Waals surface area contributed by atoms with Crippen molar-refractivity contribution in [3.63, 3.8) is 0 Å². The van der Waals surface area contributed by atoms with Crippen LogP contribution in [0.4, 0.5) is 11.6 Å². The van der Waals surface area contributed by atoms with Crippen molar-refractivity contribution < 1.29 is 10.2 Å². The van der Waals surface area contributed by atoms with E-state index < -0.39 is 12.2 Å². The molecule has 0 radical (unpaired) electrons. The van der Waals surface area contributed by atoms with Crippen LogP contribution < -0.4 is 11.1 Å². The zero-order chi connectivity index (χ0) is 32.1. The van der Waals surface area contributed by atoms with E-state index in [0.717, 1.165) is 79.3 Å². The van der Waals surface area contributed by atoms with E-state index in [4.69, 9.17) is 16.3 Å². The highest BCUT2D eigenvalue weighted by atomic mass is 16.3. The molecule has 45 heavy (non-hydrogen) atoms. The van der Waals surface area contributed by atoms with Crippen LogP contribution in [0.15, 0.2) is 24.5 Å². The van der Waals surface area contributed by atoms with Gasteiger partial charge in [-0.25, -0.2) is 19.9 Å². The van der Waals surface area contributed by atoms with Gasteiger partial charge in [0.2, 0.25) is 0 Å². The zero-order valence-corrected chi connectivity index (χ0v) is 26.4. The summed E-state index contributed by atoms with van der Waals surface area (Å²) in [6, 6.07) is 9.00. The molecule has 2 aliphatic carbocycles. The van der Waals surface area contributed by atoms with Gasteiger partial charge >= 0.3 is 0 Å². The second kappa shape index (κ2) is 14.2. The molecule has 0 aromatic carbocycles. The average Bonchev–Trinajstić information content (AvgIpc) is 3.61. The highest BCUT2D eigenvalue weighted by Crippen LogP contribution is 2.39. The van der Waals surface area contributed by atoms with Gasteiger partial charge in [-0.05, 0) is 77.0 Å². The first-order valence-corrected chi connectivity index (χ1v) is 16.0. The fraction of sp³-hybridized carbons (Fsp3) is 0.576. The summed E-state index contributed by atoms with van der Waals surface area (Å²) >= 11 is 0. The number of fused-ring (bicyclic) bond motifs is 2. The molecule has 4 aromatic heterocycles. The molecule has 12 heteroatoms. The monoisotopic (exact) mass is 612 g/mol. The van der Waals surface area contributed by atoms with Crippen molar-refractivity contribution in [1.29, 1.82) is 10.5 Å². The van der Waals surface area contributed by atoms with E-state index in [1.807, 2.05) is 19.2 Å². The van der Waals surface area contributed by atoms with E-state index >= 15 is 0 Å². The van der Waals surface area contributed by atoms with Crippen molar-refractivity contribution in [2.75, 3.05) is 18.1 Å². The molecule has 0 bridgehead atoms. The molecule has 12 nitrogen and oxygen atoms in total. The number of nitrogen functional groups attached to an aromatic ring is 1. The van der Waals surface area contributed by atoms with Gasteiger partial charge in [-0.3, -0.25) is 0 Å². The number of hydrogen-bond donors (Lipinski definition) is 4. The standard InChI is InChI=1S/C17H23N5O.C16H21N5O/c1-11(23)17-21-14-10-20-16(19-2)9-15(14)22(17)13-5-3-12(4-6-13)7-8-18;1-10(22)16-20-13-9-19-15(18)8-14(13)21(16)12-4-2-11(3-5-12)6-7-17/h9-13,23H,3-7H2,1-2H3,(H,19,20);8-12,22H,2-6H2,1H3,(H2,18,19). The molecule has 2 atom stereocenters. The number of aliphatic hydroxyl groups excluding tert-OH is 2. The van der Waals surface area contributed by atoms with Gasteiger partial charge in [0.15, 0.2) is 0 Å².